The van der Waals surface area contributed by atoms with Crippen molar-refractivity contribution in [1.82, 2.24) is 25.3 Å². The van der Waals surface area contributed by atoms with Crippen LogP contribution in [0, 0.1) is 0 Å². The Morgan fingerprint density at radius 3 is 2.43 bits per heavy atom. The SMILES string of the molecule is CCNC(=NCc1ccn(-c2ccc(OC)cc2)n1)NCCC(=O)N(CC)CC.I. The van der Waals surface area contributed by atoms with Crippen molar-refractivity contribution >= 4 is 35.8 Å². The Morgan fingerprint density at radius 2 is 1.83 bits per heavy atom. The minimum atomic E-state index is 0. The Kier molecular flexibility index (Phi) is 11.9. The molecule has 1 aromatic heterocycles. The van der Waals surface area contributed by atoms with Crippen LogP contribution in [0.15, 0.2) is 41.5 Å². The second-order valence-corrected chi connectivity index (χ2v) is 6.39. The summed E-state index contributed by atoms with van der Waals surface area (Å²) < 4.78 is 7.00. The molecule has 1 aromatic carbocycles. The third-order valence-electron chi connectivity index (χ3n) is 4.47. The van der Waals surface area contributed by atoms with Gasteiger partial charge in [-0.1, -0.05) is 0 Å². The monoisotopic (exact) mass is 528 g/mol. The van der Waals surface area contributed by atoms with Gasteiger partial charge >= 0.3 is 0 Å². The van der Waals surface area contributed by atoms with Gasteiger partial charge in [0.2, 0.25) is 5.91 Å². The van der Waals surface area contributed by atoms with Crippen LogP contribution in [0.5, 0.6) is 5.75 Å². The highest BCUT2D eigenvalue weighted by molar-refractivity contribution is 14.0. The van der Waals surface area contributed by atoms with Crippen molar-refractivity contribution < 1.29 is 9.53 Å². The molecule has 166 valence electrons. The molecule has 0 atom stereocenters. The second-order valence-electron chi connectivity index (χ2n) is 6.39. The Bertz CT molecular complexity index is 787. The van der Waals surface area contributed by atoms with Crippen molar-refractivity contribution in [2.45, 2.75) is 33.7 Å². The number of benzene rings is 1. The average molecular weight is 528 g/mol. The van der Waals surface area contributed by atoms with E-state index < -0.39 is 0 Å². The number of amides is 1. The minimum absolute atomic E-state index is 0. The van der Waals surface area contributed by atoms with Gasteiger partial charge in [0.15, 0.2) is 5.96 Å². The van der Waals surface area contributed by atoms with Crippen molar-refractivity contribution in [2.24, 2.45) is 4.99 Å². The van der Waals surface area contributed by atoms with Gasteiger partial charge in [-0.15, -0.1) is 24.0 Å². The fraction of sp³-hybridized carbons (Fsp3) is 0.476. The maximum atomic E-state index is 12.1. The number of guanidine groups is 1. The molecular formula is C21H33IN6O2. The van der Waals surface area contributed by atoms with E-state index in [1.807, 2.05) is 66.9 Å². The van der Waals surface area contributed by atoms with Crippen LogP contribution in [0.25, 0.3) is 5.69 Å². The summed E-state index contributed by atoms with van der Waals surface area (Å²) in [4.78, 5) is 18.5. The molecule has 1 heterocycles. The van der Waals surface area contributed by atoms with E-state index in [0.717, 1.165) is 36.8 Å². The highest BCUT2D eigenvalue weighted by Crippen LogP contribution is 2.14. The fourth-order valence-electron chi connectivity index (χ4n) is 2.85. The third kappa shape index (κ3) is 7.85. The third-order valence-corrected chi connectivity index (χ3v) is 4.47. The van der Waals surface area contributed by atoms with Gasteiger partial charge in [0.25, 0.3) is 0 Å². The van der Waals surface area contributed by atoms with Gasteiger partial charge in [-0.05, 0) is 51.1 Å². The number of carbonyl (C=O) groups is 1. The number of hydrogen-bond acceptors (Lipinski definition) is 4. The van der Waals surface area contributed by atoms with Crippen LogP contribution in [-0.2, 0) is 11.3 Å². The maximum Gasteiger partial charge on any atom is 0.224 e. The largest absolute Gasteiger partial charge is 0.497 e. The second kappa shape index (κ2) is 13.8. The normalized spacial score (nSPS) is 10.9. The smallest absolute Gasteiger partial charge is 0.224 e. The summed E-state index contributed by atoms with van der Waals surface area (Å²) in [6.45, 7) is 9.20. The highest BCUT2D eigenvalue weighted by Gasteiger charge is 2.09. The van der Waals surface area contributed by atoms with Crippen LogP contribution < -0.4 is 15.4 Å². The summed E-state index contributed by atoms with van der Waals surface area (Å²) in [5.74, 6) is 1.64. The van der Waals surface area contributed by atoms with Crippen molar-refractivity contribution in [2.75, 3.05) is 33.3 Å². The molecule has 0 radical (unpaired) electrons. The highest BCUT2D eigenvalue weighted by atomic mass is 127. The molecule has 0 aliphatic heterocycles. The Morgan fingerprint density at radius 1 is 1.13 bits per heavy atom. The predicted molar refractivity (Wildman–Crippen MR) is 131 cm³/mol. The number of ether oxygens (including phenoxy) is 1. The first-order valence-corrected chi connectivity index (χ1v) is 10.1. The molecule has 30 heavy (non-hydrogen) atoms. The van der Waals surface area contributed by atoms with Gasteiger partial charge in [-0.3, -0.25) is 4.79 Å². The van der Waals surface area contributed by atoms with Crippen molar-refractivity contribution in [3.8, 4) is 11.4 Å². The molecule has 2 N–H and O–H groups in total. The summed E-state index contributed by atoms with van der Waals surface area (Å²) in [7, 11) is 1.65. The van der Waals surface area contributed by atoms with E-state index in [1.165, 1.54) is 0 Å². The molecule has 0 aliphatic rings. The number of rotatable bonds is 10. The molecular weight excluding hydrogens is 495 g/mol. The van der Waals surface area contributed by atoms with Crippen molar-refractivity contribution in [3.05, 3.63) is 42.2 Å². The fourth-order valence-corrected chi connectivity index (χ4v) is 2.85. The van der Waals surface area contributed by atoms with Gasteiger partial charge in [0, 0.05) is 38.8 Å². The molecule has 2 aromatic rings. The van der Waals surface area contributed by atoms with Crippen LogP contribution in [0.4, 0.5) is 0 Å². The quantitative estimate of drug-likeness (QED) is 0.282. The number of hydrogen-bond donors (Lipinski definition) is 2. The first-order valence-electron chi connectivity index (χ1n) is 10.1. The Hall–Kier alpha value is -2.30. The molecule has 9 heteroatoms. The molecule has 8 nitrogen and oxygen atoms in total. The molecule has 0 bridgehead atoms. The van der Waals surface area contributed by atoms with Crippen LogP contribution in [0.3, 0.4) is 0 Å². The van der Waals surface area contributed by atoms with Gasteiger partial charge in [-0.25, -0.2) is 9.67 Å². The Labute approximate surface area is 196 Å². The standard InChI is InChI=1S/C21H32N6O2.HI/c1-5-22-21(23-14-12-20(28)26(6-2)7-3)24-16-17-13-15-27(25-17)18-8-10-19(29-4)11-9-18;/h8-11,13,15H,5-7,12,14,16H2,1-4H3,(H2,22,23,24);1H. The lowest BCUT2D eigenvalue weighted by molar-refractivity contribution is -0.130. The maximum absolute atomic E-state index is 12.1. The summed E-state index contributed by atoms with van der Waals surface area (Å²) in [5, 5.41) is 11.0. The molecule has 0 aliphatic carbocycles. The van der Waals surface area contributed by atoms with Gasteiger partial charge < -0.3 is 20.3 Å². The minimum Gasteiger partial charge on any atom is -0.497 e. The van der Waals surface area contributed by atoms with E-state index in [0.29, 0.717) is 25.5 Å². The molecule has 0 saturated heterocycles. The lowest BCUT2D eigenvalue weighted by atomic mass is 10.3. The number of carbonyl (C=O) groups excluding carboxylic acids is 1. The topological polar surface area (TPSA) is 83.8 Å². The molecule has 0 saturated carbocycles. The van der Waals surface area contributed by atoms with Crippen molar-refractivity contribution in [1.29, 1.82) is 0 Å². The molecule has 0 unspecified atom stereocenters. The van der Waals surface area contributed by atoms with E-state index in [-0.39, 0.29) is 29.9 Å². The molecule has 0 spiro atoms. The van der Waals surface area contributed by atoms with Crippen LogP contribution in [0.2, 0.25) is 0 Å². The van der Waals surface area contributed by atoms with Gasteiger partial charge in [0.05, 0.1) is 25.0 Å². The lowest BCUT2D eigenvalue weighted by Crippen LogP contribution is -2.40. The molecule has 1 amide bonds. The number of nitrogens with zero attached hydrogens (tertiary/aromatic N) is 4. The van der Waals surface area contributed by atoms with Crippen LogP contribution in [0.1, 0.15) is 32.9 Å². The number of nitrogens with one attached hydrogen (secondary N) is 2. The zero-order valence-electron chi connectivity index (χ0n) is 18.2. The lowest BCUT2D eigenvalue weighted by Gasteiger charge is -2.19. The zero-order chi connectivity index (χ0) is 21.1. The van der Waals surface area contributed by atoms with Crippen molar-refractivity contribution in [3.63, 3.8) is 0 Å². The van der Waals surface area contributed by atoms with E-state index in [4.69, 9.17) is 4.74 Å². The summed E-state index contributed by atoms with van der Waals surface area (Å²) in [5.41, 5.74) is 1.82. The number of aromatic nitrogens is 2. The summed E-state index contributed by atoms with van der Waals surface area (Å²) >= 11 is 0. The number of aliphatic imine (C=N–C) groups is 1. The van der Waals surface area contributed by atoms with Gasteiger partial charge in [-0.2, -0.15) is 5.10 Å². The van der Waals surface area contributed by atoms with Crippen LogP contribution >= 0.6 is 24.0 Å². The first-order chi connectivity index (χ1) is 14.1. The first kappa shape index (κ1) is 25.7. The van der Waals surface area contributed by atoms with E-state index in [1.54, 1.807) is 7.11 Å². The number of methoxy groups -OCH3 is 1. The van der Waals surface area contributed by atoms with E-state index in [2.05, 4.69) is 20.7 Å². The van der Waals surface area contributed by atoms with Crippen LogP contribution in [-0.4, -0.2) is 59.8 Å². The average Bonchev–Trinajstić information content (AvgIpc) is 3.22. The number of halogens is 1. The summed E-state index contributed by atoms with van der Waals surface area (Å²) in [6.07, 6.45) is 2.36. The molecule has 0 fully saturated rings. The van der Waals surface area contributed by atoms with E-state index >= 15 is 0 Å². The van der Waals surface area contributed by atoms with Gasteiger partial charge in [0.1, 0.15) is 5.75 Å². The zero-order valence-corrected chi connectivity index (χ0v) is 20.6. The molecule has 2 rings (SSSR count). The van der Waals surface area contributed by atoms with E-state index in [9.17, 15) is 4.79 Å². The predicted octanol–water partition coefficient (Wildman–Crippen LogP) is 2.81. The summed E-state index contributed by atoms with van der Waals surface area (Å²) in [6, 6.07) is 9.67. The Balaban J connectivity index is 0.00000450.